The fraction of sp³-hybridized carbons (Fsp3) is 0.0667. The molecule has 0 heterocycles. The first-order valence-corrected chi connectivity index (χ1v) is 5.87. The van der Waals surface area contributed by atoms with Crippen LogP contribution in [0.25, 0.3) is 0 Å². The van der Waals surface area contributed by atoms with E-state index in [1.54, 1.807) is 36.4 Å². The molecule has 0 amide bonds. The molecule has 0 atom stereocenters. The SMILES string of the molecule is COC(=O)c1cc(N)ccc1OC(=O)c1ccccc1. The summed E-state index contributed by atoms with van der Waals surface area (Å²) in [6, 6.07) is 12.9. The van der Waals surface area contributed by atoms with Crippen LogP contribution in [0, 0.1) is 0 Å². The summed E-state index contributed by atoms with van der Waals surface area (Å²) in [6.45, 7) is 0. The molecular formula is C15H13NO4. The second-order valence-corrected chi connectivity index (χ2v) is 4.00. The van der Waals surface area contributed by atoms with E-state index in [4.69, 9.17) is 10.5 Å². The Kier molecular flexibility index (Phi) is 4.00. The summed E-state index contributed by atoms with van der Waals surface area (Å²) >= 11 is 0. The quantitative estimate of drug-likeness (QED) is 0.526. The standard InChI is InChI=1S/C15H13NO4/c1-19-15(18)12-9-11(16)7-8-13(12)20-14(17)10-5-3-2-4-6-10/h2-9H,16H2,1H3. The van der Waals surface area contributed by atoms with Gasteiger partial charge in [0.1, 0.15) is 11.3 Å². The van der Waals surface area contributed by atoms with E-state index in [0.29, 0.717) is 11.3 Å². The molecule has 0 aromatic heterocycles. The Balaban J connectivity index is 2.30. The van der Waals surface area contributed by atoms with Gasteiger partial charge < -0.3 is 15.2 Å². The predicted molar refractivity (Wildman–Crippen MR) is 73.6 cm³/mol. The molecule has 5 heteroatoms. The maximum Gasteiger partial charge on any atom is 0.343 e. The lowest BCUT2D eigenvalue weighted by atomic mass is 10.1. The fourth-order valence-corrected chi connectivity index (χ4v) is 1.64. The summed E-state index contributed by atoms with van der Waals surface area (Å²) in [5, 5.41) is 0. The Morgan fingerprint density at radius 3 is 2.35 bits per heavy atom. The summed E-state index contributed by atoms with van der Waals surface area (Å²) < 4.78 is 9.85. The van der Waals surface area contributed by atoms with Crippen molar-refractivity contribution in [3.63, 3.8) is 0 Å². The predicted octanol–water partition coefficient (Wildman–Crippen LogP) is 2.27. The van der Waals surface area contributed by atoms with Crippen LogP contribution in [0.2, 0.25) is 0 Å². The highest BCUT2D eigenvalue weighted by atomic mass is 16.5. The van der Waals surface area contributed by atoms with E-state index in [1.807, 2.05) is 0 Å². The Bertz CT molecular complexity index is 638. The van der Waals surface area contributed by atoms with Crippen LogP contribution in [-0.4, -0.2) is 19.0 Å². The zero-order valence-electron chi connectivity index (χ0n) is 10.8. The van der Waals surface area contributed by atoms with E-state index in [2.05, 4.69) is 4.74 Å². The number of anilines is 1. The number of esters is 2. The van der Waals surface area contributed by atoms with E-state index in [0.717, 1.165) is 0 Å². The van der Waals surface area contributed by atoms with E-state index in [1.165, 1.54) is 19.2 Å². The van der Waals surface area contributed by atoms with Crippen molar-refractivity contribution in [1.82, 2.24) is 0 Å². The number of nitrogens with two attached hydrogens (primary N) is 1. The van der Waals surface area contributed by atoms with Crippen LogP contribution >= 0.6 is 0 Å². The highest BCUT2D eigenvalue weighted by Crippen LogP contribution is 2.23. The van der Waals surface area contributed by atoms with Gasteiger partial charge in [-0.2, -0.15) is 0 Å². The lowest BCUT2D eigenvalue weighted by Gasteiger charge is -2.09. The molecule has 0 radical (unpaired) electrons. The Morgan fingerprint density at radius 2 is 1.70 bits per heavy atom. The summed E-state index contributed by atoms with van der Waals surface area (Å²) in [4.78, 5) is 23.6. The molecule has 0 saturated carbocycles. The van der Waals surface area contributed by atoms with Gasteiger partial charge in [-0.25, -0.2) is 9.59 Å². The molecule has 0 aliphatic heterocycles. The largest absolute Gasteiger partial charge is 0.465 e. The van der Waals surface area contributed by atoms with Crippen LogP contribution in [-0.2, 0) is 4.74 Å². The number of methoxy groups -OCH3 is 1. The average molecular weight is 271 g/mol. The van der Waals surface area contributed by atoms with Gasteiger partial charge in [0.05, 0.1) is 12.7 Å². The molecule has 0 fully saturated rings. The molecule has 0 aliphatic carbocycles. The van der Waals surface area contributed by atoms with Crippen molar-refractivity contribution in [1.29, 1.82) is 0 Å². The maximum atomic E-state index is 12.0. The average Bonchev–Trinajstić information content (AvgIpc) is 2.49. The molecular weight excluding hydrogens is 258 g/mol. The first kappa shape index (κ1) is 13.6. The molecule has 0 unspecified atom stereocenters. The first-order chi connectivity index (χ1) is 9.61. The molecule has 0 bridgehead atoms. The third kappa shape index (κ3) is 2.95. The van der Waals surface area contributed by atoms with E-state index < -0.39 is 11.9 Å². The van der Waals surface area contributed by atoms with Crippen LogP contribution in [0.3, 0.4) is 0 Å². The summed E-state index contributed by atoms with van der Waals surface area (Å²) in [5.74, 6) is -1.06. The lowest BCUT2D eigenvalue weighted by Crippen LogP contribution is -2.12. The number of rotatable bonds is 3. The van der Waals surface area contributed by atoms with Crippen molar-refractivity contribution < 1.29 is 19.1 Å². The van der Waals surface area contributed by atoms with E-state index in [-0.39, 0.29) is 11.3 Å². The number of carbonyl (C=O) groups is 2. The molecule has 0 spiro atoms. The van der Waals surface area contributed by atoms with Crippen molar-refractivity contribution in [2.24, 2.45) is 0 Å². The van der Waals surface area contributed by atoms with Crippen LogP contribution in [0.15, 0.2) is 48.5 Å². The van der Waals surface area contributed by atoms with Gasteiger partial charge in [0.2, 0.25) is 0 Å². The highest BCUT2D eigenvalue weighted by Gasteiger charge is 2.17. The summed E-state index contributed by atoms with van der Waals surface area (Å²) in [6.07, 6.45) is 0. The normalized spacial score (nSPS) is 9.85. The van der Waals surface area contributed by atoms with Crippen molar-refractivity contribution in [3.8, 4) is 5.75 Å². The number of nitrogen functional groups attached to an aromatic ring is 1. The first-order valence-electron chi connectivity index (χ1n) is 5.87. The van der Waals surface area contributed by atoms with Gasteiger partial charge in [0.25, 0.3) is 0 Å². The van der Waals surface area contributed by atoms with Crippen LogP contribution in [0.4, 0.5) is 5.69 Å². The number of benzene rings is 2. The number of hydrogen-bond donors (Lipinski definition) is 1. The monoisotopic (exact) mass is 271 g/mol. The topological polar surface area (TPSA) is 78.6 Å². The molecule has 0 aliphatic rings. The van der Waals surface area contributed by atoms with Gasteiger partial charge in [-0.05, 0) is 30.3 Å². The van der Waals surface area contributed by atoms with Gasteiger partial charge >= 0.3 is 11.9 Å². The number of ether oxygens (including phenoxy) is 2. The highest BCUT2D eigenvalue weighted by molar-refractivity contribution is 5.96. The van der Waals surface area contributed by atoms with Crippen molar-refractivity contribution in [3.05, 3.63) is 59.7 Å². The minimum Gasteiger partial charge on any atom is -0.465 e. The molecule has 20 heavy (non-hydrogen) atoms. The Hall–Kier alpha value is -2.82. The summed E-state index contributed by atoms with van der Waals surface area (Å²) in [7, 11) is 1.24. The summed E-state index contributed by atoms with van der Waals surface area (Å²) in [5.41, 5.74) is 6.49. The second kappa shape index (κ2) is 5.88. The minimum absolute atomic E-state index is 0.108. The van der Waals surface area contributed by atoms with E-state index in [9.17, 15) is 9.59 Å². The van der Waals surface area contributed by atoms with Gasteiger partial charge in [-0.15, -0.1) is 0 Å². The van der Waals surface area contributed by atoms with Crippen LogP contribution < -0.4 is 10.5 Å². The molecule has 2 rings (SSSR count). The molecule has 2 N–H and O–H groups in total. The Morgan fingerprint density at radius 1 is 1.00 bits per heavy atom. The zero-order valence-corrected chi connectivity index (χ0v) is 10.8. The molecule has 2 aromatic carbocycles. The number of hydrogen-bond acceptors (Lipinski definition) is 5. The van der Waals surface area contributed by atoms with Crippen molar-refractivity contribution in [2.45, 2.75) is 0 Å². The van der Waals surface area contributed by atoms with Crippen molar-refractivity contribution >= 4 is 17.6 Å². The third-order valence-corrected chi connectivity index (χ3v) is 2.62. The molecule has 0 saturated heterocycles. The number of carbonyl (C=O) groups excluding carboxylic acids is 2. The molecule has 5 nitrogen and oxygen atoms in total. The zero-order chi connectivity index (χ0) is 14.5. The fourth-order valence-electron chi connectivity index (χ4n) is 1.64. The smallest absolute Gasteiger partial charge is 0.343 e. The lowest BCUT2D eigenvalue weighted by molar-refractivity contribution is 0.0593. The van der Waals surface area contributed by atoms with Crippen molar-refractivity contribution in [2.75, 3.05) is 12.8 Å². The van der Waals surface area contributed by atoms with Gasteiger partial charge in [-0.1, -0.05) is 18.2 Å². The second-order valence-electron chi connectivity index (χ2n) is 4.00. The maximum absolute atomic E-state index is 12.0. The Labute approximate surface area is 115 Å². The third-order valence-electron chi connectivity index (χ3n) is 2.62. The van der Waals surface area contributed by atoms with Gasteiger partial charge in [-0.3, -0.25) is 0 Å². The molecule has 2 aromatic rings. The van der Waals surface area contributed by atoms with Gasteiger partial charge in [0, 0.05) is 5.69 Å². The minimum atomic E-state index is -0.617. The van der Waals surface area contributed by atoms with E-state index >= 15 is 0 Å². The molecule has 102 valence electrons. The van der Waals surface area contributed by atoms with Crippen LogP contribution in [0.5, 0.6) is 5.75 Å². The van der Waals surface area contributed by atoms with Crippen LogP contribution in [0.1, 0.15) is 20.7 Å². The van der Waals surface area contributed by atoms with Gasteiger partial charge in [0.15, 0.2) is 0 Å².